The number of aromatic nitrogens is 2. The van der Waals surface area contributed by atoms with E-state index in [9.17, 15) is 4.79 Å². The van der Waals surface area contributed by atoms with Crippen LogP contribution in [0.1, 0.15) is 66.1 Å². The predicted octanol–water partition coefficient (Wildman–Crippen LogP) is 3.81. The van der Waals surface area contributed by atoms with Crippen molar-refractivity contribution in [3.8, 4) is 6.07 Å². The highest BCUT2D eigenvalue weighted by Crippen LogP contribution is 2.40. The lowest BCUT2D eigenvalue weighted by atomic mass is 9.96. The van der Waals surface area contributed by atoms with Gasteiger partial charge < -0.3 is 10.2 Å². The van der Waals surface area contributed by atoms with Crippen molar-refractivity contribution in [2.45, 2.75) is 62.6 Å². The third kappa shape index (κ3) is 3.44. The predicted molar refractivity (Wildman–Crippen MR) is 110 cm³/mol. The van der Waals surface area contributed by atoms with Crippen LogP contribution in [0.5, 0.6) is 0 Å². The minimum atomic E-state index is -0.0217. The lowest BCUT2D eigenvalue weighted by Gasteiger charge is -2.41. The Morgan fingerprint density at radius 3 is 2.59 bits per heavy atom. The van der Waals surface area contributed by atoms with E-state index < -0.39 is 0 Å². The largest absolute Gasteiger partial charge is 0.347 e. The number of fused-ring (bicyclic) bond motifs is 2. The van der Waals surface area contributed by atoms with E-state index in [0.717, 1.165) is 25.7 Å². The Hall–Kier alpha value is -2.65. The highest BCUT2D eigenvalue weighted by molar-refractivity contribution is 6.30. The summed E-state index contributed by atoms with van der Waals surface area (Å²) in [5.41, 5.74) is 2.18. The van der Waals surface area contributed by atoms with Crippen LogP contribution < -0.4 is 10.2 Å². The van der Waals surface area contributed by atoms with Crippen LogP contribution in [0.2, 0.25) is 5.15 Å². The Bertz CT molecular complexity index is 982. The number of nitrogens with zero attached hydrogens (tertiary/aromatic N) is 4. The maximum absolute atomic E-state index is 12.9. The van der Waals surface area contributed by atoms with Crippen molar-refractivity contribution in [2.75, 3.05) is 4.90 Å². The zero-order chi connectivity index (χ0) is 20.0. The molecular weight excluding hydrogens is 386 g/mol. The zero-order valence-corrected chi connectivity index (χ0v) is 16.8. The number of carbonyl (C=O) groups excluding carboxylic acids is 1. The van der Waals surface area contributed by atoms with E-state index in [4.69, 9.17) is 16.9 Å². The lowest BCUT2D eigenvalue weighted by Crippen LogP contribution is -2.55. The molecule has 0 spiro atoms. The van der Waals surface area contributed by atoms with Crippen molar-refractivity contribution in [2.24, 2.45) is 0 Å². The monoisotopic (exact) mass is 407 g/mol. The summed E-state index contributed by atoms with van der Waals surface area (Å²) < 4.78 is 0. The molecule has 1 amide bonds. The van der Waals surface area contributed by atoms with Gasteiger partial charge in [0.2, 0.25) is 0 Å². The van der Waals surface area contributed by atoms with Gasteiger partial charge in [-0.1, -0.05) is 23.7 Å². The summed E-state index contributed by atoms with van der Waals surface area (Å²) in [6.45, 7) is 0. The van der Waals surface area contributed by atoms with Crippen molar-refractivity contribution < 1.29 is 4.79 Å². The van der Waals surface area contributed by atoms with Gasteiger partial charge in [-0.25, -0.2) is 9.97 Å². The van der Waals surface area contributed by atoms with E-state index in [1.165, 1.54) is 18.4 Å². The first-order chi connectivity index (χ1) is 14.1. The topological polar surface area (TPSA) is 81.9 Å². The number of nitrogens with one attached hydrogen (secondary N) is 1. The van der Waals surface area contributed by atoms with Crippen LogP contribution in [0.4, 0.5) is 5.82 Å². The van der Waals surface area contributed by atoms with Crippen LogP contribution in [-0.2, 0) is 0 Å². The summed E-state index contributed by atoms with van der Waals surface area (Å²) in [5.74, 6) is 1.36. The number of carbonyl (C=O) groups is 1. The fourth-order valence-corrected chi connectivity index (χ4v) is 4.99. The van der Waals surface area contributed by atoms with E-state index in [1.807, 2.05) is 18.2 Å². The molecule has 2 saturated heterocycles. The normalized spacial score (nSPS) is 25.5. The Labute approximate surface area is 174 Å². The molecule has 29 heavy (non-hydrogen) atoms. The second-order valence-electron chi connectivity index (χ2n) is 8.24. The fraction of sp³-hybridized carbons (Fsp3) is 0.455. The SMILES string of the molecule is N#Cc1ncc(N2C3CCC(NC(=O)c4ccc(C5CC5)cc4)C2CC3)nc1Cl. The highest BCUT2D eigenvalue weighted by atomic mass is 35.5. The van der Waals surface area contributed by atoms with Crippen molar-refractivity contribution in [3.63, 3.8) is 0 Å². The molecule has 1 aromatic heterocycles. The number of hydrogen-bond acceptors (Lipinski definition) is 5. The Morgan fingerprint density at radius 2 is 1.90 bits per heavy atom. The molecule has 2 bridgehead atoms. The minimum Gasteiger partial charge on any atom is -0.347 e. The first kappa shape index (κ1) is 18.4. The van der Waals surface area contributed by atoms with Gasteiger partial charge in [-0.2, -0.15) is 5.26 Å². The molecule has 3 heterocycles. The maximum Gasteiger partial charge on any atom is 0.251 e. The number of anilines is 1. The van der Waals surface area contributed by atoms with E-state index in [0.29, 0.717) is 23.3 Å². The molecule has 6 nitrogen and oxygen atoms in total. The zero-order valence-electron chi connectivity index (χ0n) is 16.0. The van der Waals surface area contributed by atoms with E-state index >= 15 is 0 Å². The fourth-order valence-electron chi connectivity index (χ4n) is 4.81. The Kier molecular flexibility index (Phi) is 4.63. The molecular formula is C22H22ClN5O. The maximum atomic E-state index is 12.9. The van der Waals surface area contributed by atoms with E-state index in [1.54, 1.807) is 6.20 Å². The summed E-state index contributed by atoms with van der Waals surface area (Å²) in [4.78, 5) is 23.6. The molecule has 1 saturated carbocycles. The lowest BCUT2D eigenvalue weighted by molar-refractivity contribution is 0.0924. The van der Waals surface area contributed by atoms with Crippen LogP contribution in [0.3, 0.4) is 0 Å². The quantitative estimate of drug-likeness (QED) is 0.833. The molecule has 1 N–H and O–H groups in total. The number of rotatable bonds is 4. The summed E-state index contributed by atoms with van der Waals surface area (Å²) in [5, 5.41) is 12.4. The van der Waals surface area contributed by atoms with Crippen LogP contribution in [0.25, 0.3) is 0 Å². The second-order valence-corrected chi connectivity index (χ2v) is 8.60. The summed E-state index contributed by atoms with van der Waals surface area (Å²) in [6, 6.07) is 10.6. The molecule has 7 heteroatoms. The molecule has 1 aromatic carbocycles. The number of piperidine rings is 1. The van der Waals surface area contributed by atoms with Crippen molar-refractivity contribution in [1.29, 1.82) is 5.26 Å². The Morgan fingerprint density at radius 1 is 1.14 bits per heavy atom. The van der Waals surface area contributed by atoms with Gasteiger partial charge in [0.15, 0.2) is 10.8 Å². The molecule has 2 aliphatic heterocycles. The highest BCUT2D eigenvalue weighted by Gasteiger charge is 2.43. The molecule has 5 rings (SSSR count). The van der Waals surface area contributed by atoms with Gasteiger partial charge in [-0.15, -0.1) is 0 Å². The smallest absolute Gasteiger partial charge is 0.251 e. The third-order valence-electron chi connectivity index (χ3n) is 6.45. The van der Waals surface area contributed by atoms with Crippen molar-refractivity contribution in [3.05, 3.63) is 52.4 Å². The van der Waals surface area contributed by atoms with Gasteiger partial charge in [0.05, 0.1) is 12.2 Å². The van der Waals surface area contributed by atoms with Crippen molar-refractivity contribution >= 4 is 23.3 Å². The van der Waals surface area contributed by atoms with Gasteiger partial charge in [0, 0.05) is 17.6 Å². The van der Waals surface area contributed by atoms with Gasteiger partial charge in [-0.05, 0) is 62.1 Å². The van der Waals surface area contributed by atoms with Crippen LogP contribution in [0, 0.1) is 11.3 Å². The standard InChI is InChI=1S/C22H22ClN5O/c23-21-18(11-24)25-12-20(27-21)28-16-7-9-17(19(28)10-8-16)26-22(29)15-5-3-14(4-6-15)13-1-2-13/h3-6,12-13,16-17,19H,1-2,7-10H2,(H,26,29). The van der Waals surface area contributed by atoms with Gasteiger partial charge in [0.25, 0.3) is 5.91 Å². The molecule has 2 aromatic rings. The van der Waals surface area contributed by atoms with Crippen molar-refractivity contribution in [1.82, 2.24) is 15.3 Å². The Balaban J connectivity index is 1.32. The average Bonchev–Trinajstić information content (AvgIpc) is 3.53. The van der Waals surface area contributed by atoms with Gasteiger partial charge >= 0.3 is 0 Å². The summed E-state index contributed by atoms with van der Waals surface area (Å²) >= 11 is 6.11. The number of benzene rings is 1. The third-order valence-corrected chi connectivity index (χ3v) is 6.71. The summed E-state index contributed by atoms with van der Waals surface area (Å²) in [7, 11) is 0. The van der Waals surface area contributed by atoms with Gasteiger partial charge in [-0.3, -0.25) is 4.79 Å². The minimum absolute atomic E-state index is 0.0217. The molecule has 3 unspecified atom stereocenters. The van der Waals surface area contributed by atoms with Crippen LogP contribution >= 0.6 is 11.6 Å². The first-order valence-corrected chi connectivity index (χ1v) is 10.6. The molecule has 3 atom stereocenters. The van der Waals surface area contributed by atoms with Gasteiger partial charge in [0.1, 0.15) is 11.9 Å². The molecule has 0 radical (unpaired) electrons. The molecule has 1 aliphatic carbocycles. The number of nitriles is 1. The second kappa shape index (κ2) is 7.31. The average molecular weight is 408 g/mol. The molecule has 3 fully saturated rings. The summed E-state index contributed by atoms with van der Waals surface area (Å²) in [6.07, 6.45) is 8.14. The van der Waals surface area contributed by atoms with Crippen LogP contribution in [0.15, 0.2) is 30.5 Å². The first-order valence-electron chi connectivity index (χ1n) is 10.3. The van der Waals surface area contributed by atoms with E-state index in [-0.39, 0.29) is 28.8 Å². The van der Waals surface area contributed by atoms with Crippen LogP contribution in [-0.4, -0.2) is 34.0 Å². The molecule has 3 aliphatic rings. The number of hydrogen-bond donors (Lipinski definition) is 1. The van der Waals surface area contributed by atoms with E-state index in [2.05, 4.69) is 32.3 Å². The molecule has 148 valence electrons. The number of amides is 1. The number of halogens is 1.